The first kappa shape index (κ1) is 13.8. The van der Waals surface area contributed by atoms with Gasteiger partial charge in [-0.25, -0.2) is 0 Å². The number of hydrogen-bond acceptors (Lipinski definition) is 4. The van der Waals surface area contributed by atoms with Crippen LogP contribution in [0.1, 0.15) is 24.0 Å². The third-order valence-electron chi connectivity index (χ3n) is 3.95. The maximum absolute atomic E-state index is 12.3. The molecule has 0 aromatic heterocycles. The summed E-state index contributed by atoms with van der Waals surface area (Å²) >= 11 is 0. The summed E-state index contributed by atoms with van der Waals surface area (Å²) in [6.45, 7) is 0.642. The maximum atomic E-state index is 12.3. The van der Waals surface area contributed by atoms with Crippen molar-refractivity contribution in [3.8, 4) is 0 Å². The lowest BCUT2D eigenvalue weighted by molar-refractivity contribution is -0.137. The molecule has 1 aromatic rings. The molecule has 0 spiro atoms. The SMILES string of the molecule is O=C1CCC(NC(=O)[C@H]2Cc3ccccc3CN2)C(=O)N1. The molecule has 0 saturated carbocycles. The summed E-state index contributed by atoms with van der Waals surface area (Å²) in [4.78, 5) is 35.0. The van der Waals surface area contributed by atoms with Crippen LogP contribution < -0.4 is 16.0 Å². The van der Waals surface area contributed by atoms with Crippen LogP contribution in [0.4, 0.5) is 0 Å². The summed E-state index contributed by atoms with van der Waals surface area (Å²) in [7, 11) is 0. The molecule has 2 heterocycles. The van der Waals surface area contributed by atoms with E-state index in [1.807, 2.05) is 24.3 Å². The zero-order valence-corrected chi connectivity index (χ0v) is 11.5. The Hall–Kier alpha value is -2.21. The van der Waals surface area contributed by atoms with Crippen LogP contribution in [-0.2, 0) is 27.3 Å². The van der Waals surface area contributed by atoms with Crippen LogP contribution in [0.2, 0.25) is 0 Å². The second-order valence-electron chi connectivity index (χ2n) is 5.42. The third kappa shape index (κ3) is 2.95. The Morgan fingerprint density at radius 3 is 2.71 bits per heavy atom. The number of amides is 3. The smallest absolute Gasteiger partial charge is 0.249 e. The summed E-state index contributed by atoms with van der Waals surface area (Å²) in [5.41, 5.74) is 2.35. The van der Waals surface area contributed by atoms with Crippen LogP contribution in [0.25, 0.3) is 0 Å². The van der Waals surface area contributed by atoms with E-state index in [9.17, 15) is 14.4 Å². The minimum absolute atomic E-state index is 0.195. The Morgan fingerprint density at radius 1 is 1.19 bits per heavy atom. The third-order valence-corrected chi connectivity index (χ3v) is 3.95. The van der Waals surface area contributed by atoms with Crippen molar-refractivity contribution in [2.45, 2.75) is 37.9 Å². The van der Waals surface area contributed by atoms with Gasteiger partial charge in [0.1, 0.15) is 6.04 Å². The molecule has 2 atom stereocenters. The first-order chi connectivity index (χ1) is 10.1. The summed E-state index contributed by atoms with van der Waals surface area (Å²) in [5.74, 6) is -0.898. The predicted octanol–water partition coefficient (Wildman–Crippen LogP) is -0.378. The molecule has 0 bridgehead atoms. The van der Waals surface area contributed by atoms with Crippen molar-refractivity contribution in [3.63, 3.8) is 0 Å². The molecule has 1 saturated heterocycles. The lowest BCUT2D eigenvalue weighted by Crippen LogP contribution is -2.56. The van der Waals surface area contributed by atoms with Crippen molar-refractivity contribution in [2.75, 3.05) is 0 Å². The number of imide groups is 1. The van der Waals surface area contributed by atoms with E-state index in [0.717, 1.165) is 5.56 Å². The minimum atomic E-state index is -0.617. The highest BCUT2D eigenvalue weighted by Gasteiger charge is 2.31. The molecule has 2 aliphatic rings. The largest absolute Gasteiger partial charge is 0.343 e. The molecule has 3 amide bonds. The molecule has 1 unspecified atom stereocenters. The Bertz CT molecular complexity index is 600. The van der Waals surface area contributed by atoms with E-state index in [-0.39, 0.29) is 24.3 Å². The van der Waals surface area contributed by atoms with Gasteiger partial charge in [-0.2, -0.15) is 0 Å². The van der Waals surface area contributed by atoms with Gasteiger partial charge in [0.25, 0.3) is 0 Å². The summed E-state index contributed by atoms with van der Waals surface area (Å²) in [6.07, 6.45) is 1.23. The van der Waals surface area contributed by atoms with Crippen molar-refractivity contribution in [1.82, 2.24) is 16.0 Å². The molecule has 110 valence electrons. The number of nitrogens with one attached hydrogen (secondary N) is 3. The van der Waals surface area contributed by atoms with E-state index in [4.69, 9.17) is 0 Å². The van der Waals surface area contributed by atoms with Gasteiger partial charge in [-0.1, -0.05) is 24.3 Å². The molecule has 0 radical (unpaired) electrons. The molecule has 6 heteroatoms. The minimum Gasteiger partial charge on any atom is -0.343 e. The van der Waals surface area contributed by atoms with E-state index in [0.29, 0.717) is 19.4 Å². The quantitative estimate of drug-likeness (QED) is 0.647. The van der Waals surface area contributed by atoms with Gasteiger partial charge in [0.15, 0.2) is 0 Å². The monoisotopic (exact) mass is 287 g/mol. The number of carbonyl (C=O) groups excluding carboxylic acids is 3. The summed E-state index contributed by atoms with van der Waals surface area (Å²) in [5, 5.41) is 8.14. The molecule has 2 aliphatic heterocycles. The van der Waals surface area contributed by atoms with Crippen LogP contribution in [0.5, 0.6) is 0 Å². The van der Waals surface area contributed by atoms with Gasteiger partial charge in [-0.05, 0) is 24.0 Å². The van der Waals surface area contributed by atoms with Gasteiger partial charge in [0.2, 0.25) is 17.7 Å². The molecule has 1 aromatic carbocycles. The topological polar surface area (TPSA) is 87.3 Å². The first-order valence-electron chi connectivity index (χ1n) is 7.08. The van der Waals surface area contributed by atoms with Crippen LogP contribution in [-0.4, -0.2) is 29.8 Å². The van der Waals surface area contributed by atoms with Gasteiger partial charge in [-0.15, -0.1) is 0 Å². The predicted molar refractivity (Wildman–Crippen MR) is 75.1 cm³/mol. The molecular weight excluding hydrogens is 270 g/mol. The summed E-state index contributed by atoms with van der Waals surface area (Å²) in [6, 6.07) is 7.03. The number of carbonyl (C=O) groups is 3. The highest BCUT2D eigenvalue weighted by Crippen LogP contribution is 2.16. The van der Waals surface area contributed by atoms with Crippen LogP contribution in [0.3, 0.4) is 0 Å². The fourth-order valence-electron chi connectivity index (χ4n) is 2.74. The van der Waals surface area contributed by atoms with Crippen molar-refractivity contribution in [1.29, 1.82) is 0 Å². The molecule has 3 N–H and O–H groups in total. The number of fused-ring (bicyclic) bond motifs is 1. The number of hydrogen-bond donors (Lipinski definition) is 3. The fourth-order valence-corrected chi connectivity index (χ4v) is 2.74. The second kappa shape index (κ2) is 5.65. The molecular formula is C15H17N3O3. The zero-order chi connectivity index (χ0) is 14.8. The van der Waals surface area contributed by atoms with E-state index in [1.54, 1.807) is 0 Å². The molecule has 3 rings (SSSR count). The number of rotatable bonds is 2. The molecule has 6 nitrogen and oxygen atoms in total. The van der Waals surface area contributed by atoms with E-state index in [1.165, 1.54) is 5.56 Å². The van der Waals surface area contributed by atoms with E-state index < -0.39 is 11.9 Å². The van der Waals surface area contributed by atoms with Crippen molar-refractivity contribution in [2.24, 2.45) is 0 Å². The highest BCUT2D eigenvalue weighted by molar-refractivity contribution is 6.02. The maximum Gasteiger partial charge on any atom is 0.249 e. The van der Waals surface area contributed by atoms with Gasteiger partial charge < -0.3 is 10.6 Å². The van der Waals surface area contributed by atoms with Crippen LogP contribution >= 0.6 is 0 Å². The van der Waals surface area contributed by atoms with E-state index >= 15 is 0 Å². The molecule has 21 heavy (non-hydrogen) atoms. The lowest BCUT2D eigenvalue weighted by Gasteiger charge is -2.28. The first-order valence-corrected chi connectivity index (χ1v) is 7.08. The van der Waals surface area contributed by atoms with Gasteiger partial charge >= 0.3 is 0 Å². The Kier molecular flexibility index (Phi) is 3.70. The fraction of sp³-hybridized carbons (Fsp3) is 0.400. The molecule has 1 fully saturated rings. The zero-order valence-electron chi connectivity index (χ0n) is 11.5. The van der Waals surface area contributed by atoms with Crippen LogP contribution in [0, 0.1) is 0 Å². The number of benzene rings is 1. The van der Waals surface area contributed by atoms with Gasteiger partial charge in [0, 0.05) is 13.0 Å². The second-order valence-corrected chi connectivity index (χ2v) is 5.42. The molecule has 0 aliphatic carbocycles. The Labute approximate surface area is 122 Å². The standard InChI is InChI=1S/C15H17N3O3/c19-13-6-5-11(14(20)18-13)17-15(21)12-7-9-3-1-2-4-10(9)8-16-12/h1-4,11-12,16H,5-8H2,(H,17,21)(H,18,19,20)/t11?,12-/m1/s1. The Morgan fingerprint density at radius 2 is 1.95 bits per heavy atom. The van der Waals surface area contributed by atoms with E-state index in [2.05, 4.69) is 16.0 Å². The van der Waals surface area contributed by atoms with Gasteiger partial charge in [0.05, 0.1) is 6.04 Å². The van der Waals surface area contributed by atoms with Gasteiger partial charge in [-0.3, -0.25) is 19.7 Å². The average molecular weight is 287 g/mol. The van der Waals surface area contributed by atoms with Crippen molar-refractivity contribution >= 4 is 17.7 Å². The normalized spacial score (nSPS) is 25.0. The van der Waals surface area contributed by atoms with Crippen LogP contribution in [0.15, 0.2) is 24.3 Å². The highest BCUT2D eigenvalue weighted by atomic mass is 16.2. The van der Waals surface area contributed by atoms with Crippen molar-refractivity contribution < 1.29 is 14.4 Å². The number of piperidine rings is 1. The van der Waals surface area contributed by atoms with Crippen molar-refractivity contribution in [3.05, 3.63) is 35.4 Å². The lowest BCUT2D eigenvalue weighted by atomic mass is 9.95. The average Bonchev–Trinajstić information content (AvgIpc) is 2.49. The Balaban J connectivity index is 1.62. The summed E-state index contributed by atoms with van der Waals surface area (Å²) < 4.78 is 0.